The summed E-state index contributed by atoms with van der Waals surface area (Å²) in [7, 11) is 2.08. The van der Waals surface area contributed by atoms with E-state index in [1.54, 1.807) is 0 Å². The van der Waals surface area contributed by atoms with Gasteiger partial charge >= 0.3 is 0 Å². The molecule has 0 aliphatic carbocycles. The molecule has 4 nitrogen and oxygen atoms in total. The standard InChI is InChI=1S/C16H19ClN2O2/c1-19(8-4-2-3-6-17)16-13-10-15-14(20-11-21-15)9-12(13)5-7-18-16/h5,7,9-10H,2-4,6,8,11H2,1H3. The molecule has 0 unspecified atom stereocenters. The van der Waals surface area contributed by atoms with Gasteiger partial charge in [0.05, 0.1) is 0 Å². The van der Waals surface area contributed by atoms with Crippen LogP contribution < -0.4 is 14.4 Å². The van der Waals surface area contributed by atoms with E-state index in [0.29, 0.717) is 6.79 Å². The van der Waals surface area contributed by atoms with Crippen LogP contribution in [0.2, 0.25) is 0 Å². The minimum atomic E-state index is 0.294. The molecule has 0 fully saturated rings. The van der Waals surface area contributed by atoms with Gasteiger partial charge in [0, 0.05) is 31.1 Å². The van der Waals surface area contributed by atoms with Crippen molar-refractivity contribution in [1.82, 2.24) is 4.98 Å². The number of hydrogen-bond donors (Lipinski definition) is 0. The third-order valence-electron chi connectivity index (χ3n) is 3.73. The van der Waals surface area contributed by atoms with Crippen LogP contribution >= 0.6 is 11.6 Å². The molecule has 0 atom stereocenters. The predicted octanol–water partition coefficient (Wildman–Crippen LogP) is 3.81. The number of hydrogen-bond acceptors (Lipinski definition) is 4. The number of rotatable bonds is 6. The number of ether oxygens (including phenoxy) is 2. The Morgan fingerprint density at radius 3 is 2.81 bits per heavy atom. The zero-order chi connectivity index (χ0) is 14.7. The Hall–Kier alpha value is -1.68. The summed E-state index contributed by atoms with van der Waals surface area (Å²) in [6.07, 6.45) is 5.17. The van der Waals surface area contributed by atoms with E-state index in [2.05, 4.69) is 16.9 Å². The van der Waals surface area contributed by atoms with Crippen LogP contribution in [0.1, 0.15) is 19.3 Å². The summed E-state index contributed by atoms with van der Waals surface area (Å²) in [5.74, 6) is 3.33. The molecule has 2 heterocycles. The molecule has 3 rings (SSSR count). The van der Waals surface area contributed by atoms with E-state index in [4.69, 9.17) is 21.1 Å². The fraction of sp³-hybridized carbons (Fsp3) is 0.438. The van der Waals surface area contributed by atoms with Crippen molar-refractivity contribution in [1.29, 1.82) is 0 Å². The maximum Gasteiger partial charge on any atom is 0.231 e. The molecule has 0 amide bonds. The minimum absolute atomic E-state index is 0.294. The first-order chi connectivity index (χ1) is 10.3. The molecule has 0 saturated carbocycles. The average molecular weight is 307 g/mol. The molecule has 0 radical (unpaired) electrons. The number of pyridine rings is 1. The molecule has 2 aromatic rings. The summed E-state index contributed by atoms with van der Waals surface area (Å²) >= 11 is 5.71. The lowest BCUT2D eigenvalue weighted by Gasteiger charge is -2.20. The highest BCUT2D eigenvalue weighted by molar-refractivity contribution is 6.17. The van der Waals surface area contributed by atoms with Gasteiger partial charge < -0.3 is 14.4 Å². The zero-order valence-corrected chi connectivity index (χ0v) is 12.9. The van der Waals surface area contributed by atoms with E-state index in [1.165, 1.54) is 0 Å². The van der Waals surface area contributed by atoms with Gasteiger partial charge in [-0.3, -0.25) is 0 Å². The summed E-state index contributed by atoms with van der Waals surface area (Å²) < 4.78 is 10.9. The fourth-order valence-corrected chi connectivity index (χ4v) is 2.77. The van der Waals surface area contributed by atoms with Gasteiger partial charge in [-0.05, 0) is 36.4 Å². The van der Waals surface area contributed by atoms with Gasteiger partial charge in [-0.25, -0.2) is 4.98 Å². The van der Waals surface area contributed by atoms with Crippen molar-refractivity contribution < 1.29 is 9.47 Å². The number of aromatic nitrogens is 1. The SMILES string of the molecule is CN(CCCCCCl)c1nccc2cc3c(cc12)OCO3. The Labute approximate surface area is 129 Å². The number of unbranched alkanes of at least 4 members (excludes halogenated alkanes) is 2. The van der Waals surface area contributed by atoms with E-state index in [0.717, 1.165) is 59.8 Å². The van der Waals surface area contributed by atoms with Crippen molar-refractivity contribution >= 4 is 28.2 Å². The number of fused-ring (bicyclic) bond motifs is 2. The van der Waals surface area contributed by atoms with E-state index in [9.17, 15) is 0 Å². The molecule has 1 aromatic carbocycles. The van der Waals surface area contributed by atoms with Crippen LogP contribution in [0.5, 0.6) is 11.5 Å². The molecule has 0 saturated heterocycles. The minimum Gasteiger partial charge on any atom is -0.454 e. The van der Waals surface area contributed by atoms with Crippen LogP contribution in [-0.2, 0) is 0 Å². The van der Waals surface area contributed by atoms with Crippen LogP contribution in [0.3, 0.4) is 0 Å². The smallest absolute Gasteiger partial charge is 0.231 e. The Bertz CT molecular complexity index is 633. The molecule has 112 valence electrons. The van der Waals surface area contributed by atoms with E-state index in [-0.39, 0.29) is 0 Å². The molecule has 21 heavy (non-hydrogen) atoms. The van der Waals surface area contributed by atoms with Crippen molar-refractivity contribution in [3.05, 3.63) is 24.4 Å². The van der Waals surface area contributed by atoms with Crippen molar-refractivity contribution in [2.24, 2.45) is 0 Å². The van der Waals surface area contributed by atoms with Crippen molar-refractivity contribution in [3.8, 4) is 11.5 Å². The lowest BCUT2D eigenvalue weighted by molar-refractivity contribution is 0.174. The Morgan fingerprint density at radius 1 is 1.19 bits per heavy atom. The third kappa shape index (κ3) is 3.00. The highest BCUT2D eigenvalue weighted by Gasteiger charge is 2.17. The van der Waals surface area contributed by atoms with Crippen molar-refractivity contribution in [2.75, 3.05) is 31.2 Å². The third-order valence-corrected chi connectivity index (χ3v) is 3.99. The summed E-state index contributed by atoms with van der Waals surface area (Å²) in [4.78, 5) is 6.73. The number of nitrogens with zero attached hydrogens (tertiary/aromatic N) is 2. The number of benzene rings is 1. The monoisotopic (exact) mass is 306 g/mol. The van der Waals surface area contributed by atoms with E-state index < -0.39 is 0 Å². The largest absolute Gasteiger partial charge is 0.454 e. The number of alkyl halides is 1. The normalized spacial score (nSPS) is 12.9. The summed E-state index contributed by atoms with van der Waals surface area (Å²) in [5.41, 5.74) is 0. The van der Waals surface area contributed by atoms with Gasteiger partial charge in [0.1, 0.15) is 5.82 Å². The van der Waals surface area contributed by atoms with Gasteiger partial charge in [-0.2, -0.15) is 0 Å². The van der Waals surface area contributed by atoms with E-state index >= 15 is 0 Å². The second kappa shape index (κ2) is 6.39. The van der Waals surface area contributed by atoms with Crippen LogP contribution in [-0.4, -0.2) is 31.2 Å². The predicted molar refractivity (Wildman–Crippen MR) is 85.7 cm³/mol. The van der Waals surface area contributed by atoms with Gasteiger partial charge in [0.2, 0.25) is 6.79 Å². The van der Waals surface area contributed by atoms with E-state index in [1.807, 2.05) is 24.4 Å². The molecular formula is C16H19ClN2O2. The first-order valence-corrected chi connectivity index (χ1v) is 7.78. The Morgan fingerprint density at radius 2 is 2.00 bits per heavy atom. The Kier molecular flexibility index (Phi) is 4.34. The summed E-state index contributed by atoms with van der Waals surface area (Å²) in [5, 5.41) is 2.22. The lowest BCUT2D eigenvalue weighted by Crippen LogP contribution is -2.19. The highest BCUT2D eigenvalue weighted by Crippen LogP contribution is 2.38. The van der Waals surface area contributed by atoms with Crippen LogP contribution in [0.25, 0.3) is 10.8 Å². The maximum absolute atomic E-state index is 5.71. The summed E-state index contributed by atoms with van der Waals surface area (Å²) in [6, 6.07) is 6.04. The van der Waals surface area contributed by atoms with Crippen molar-refractivity contribution in [2.45, 2.75) is 19.3 Å². The number of halogens is 1. The van der Waals surface area contributed by atoms with Crippen LogP contribution in [0.4, 0.5) is 5.82 Å². The van der Waals surface area contributed by atoms with Gasteiger partial charge in [-0.1, -0.05) is 6.42 Å². The van der Waals surface area contributed by atoms with Crippen molar-refractivity contribution in [3.63, 3.8) is 0 Å². The second-order valence-electron chi connectivity index (χ2n) is 5.23. The molecule has 1 aliphatic rings. The highest BCUT2D eigenvalue weighted by atomic mass is 35.5. The fourth-order valence-electron chi connectivity index (χ4n) is 2.58. The van der Waals surface area contributed by atoms with Crippen LogP contribution in [0, 0.1) is 0 Å². The molecule has 1 aromatic heterocycles. The summed E-state index contributed by atoms with van der Waals surface area (Å²) in [6.45, 7) is 1.26. The first kappa shape index (κ1) is 14.3. The topological polar surface area (TPSA) is 34.6 Å². The van der Waals surface area contributed by atoms with Gasteiger partial charge in [0.25, 0.3) is 0 Å². The van der Waals surface area contributed by atoms with Crippen LogP contribution in [0.15, 0.2) is 24.4 Å². The molecule has 5 heteroatoms. The maximum atomic E-state index is 5.71. The second-order valence-corrected chi connectivity index (χ2v) is 5.61. The molecule has 0 N–H and O–H groups in total. The molecular weight excluding hydrogens is 288 g/mol. The quantitative estimate of drug-likeness (QED) is 0.600. The van der Waals surface area contributed by atoms with Gasteiger partial charge in [-0.15, -0.1) is 11.6 Å². The van der Waals surface area contributed by atoms with Gasteiger partial charge in [0.15, 0.2) is 11.5 Å². The molecule has 1 aliphatic heterocycles. The molecule has 0 spiro atoms. The lowest BCUT2D eigenvalue weighted by atomic mass is 10.1. The zero-order valence-electron chi connectivity index (χ0n) is 12.1. The molecule has 0 bridgehead atoms. The number of anilines is 1. The first-order valence-electron chi connectivity index (χ1n) is 7.25. The average Bonchev–Trinajstić information content (AvgIpc) is 2.95. The Balaban J connectivity index is 1.84.